The summed E-state index contributed by atoms with van der Waals surface area (Å²) >= 11 is 0. The van der Waals surface area contributed by atoms with Gasteiger partial charge in [0.1, 0.15) is 17.2 Å². The van der Waals surface area contributed by atoms with Crippen molar-refractivity contribution in [2.75, 3.05) is 0 Å². The molecule has 0 aliphatic rings. The summed E-state index contributed by atoms with van der Waals surface area (Å²) in [5, 5.41) is 0. The van der Waals surface area contributed by atoms with Gasteiger partial charge in [0.15, 0.2) is 0 Å². The van der Waals surface area contributed by atoms with Crippen molar-refractivity contribution >= 4 is 7.82 Å². The van der Waals surface area contributed by atoms with E-state index in [1.807, 2.05) is 75.4 Å². The summed E-state index contributed by atoms with van der Waals surface area (Å²) in [6.07, 6.45) is 0. The largest absolute Gasteiger partial charge is 0.647 e. The van der Waals surface area contributed by atoms with E-state index in [0.717, 1.165) is 16.7 Å². The summed E-state index contributed by atoms with van der Waals surface area (Å²) in [5.41, 5.74) is 2.53. The van der Waals surface area contributed by atoms with E-state index in [2.05, 4.69) is 0 Å². The Morgan fingerprint density at radius 3 is 1.07 bits per heavy atom. The Bertz CT molecular complexity index is 836. The molecule has 0 bridgehead atoms. The van der Waals surface area contributed by atoms with Crippen LogP contribution in [0.5, 0.6) is 17.2 Å². The van der Waals surface area contributed by atoms with Gasteiger partial charge in [-0.15, -0.1) is 0 Å². The molecule has 27 heavy (non-hydrogen) atoms. The van der Waals surface area contributed by atoms with Crippen molar-refractivity contribution < 1.29 is 35.2 Å². The molecule has 3 rings (SSSR count). The molecule has 3 aromatic rings. The molecular formula is C21H21CuO4P. The van der Waals surface area contributed by atoms with Gasteiger partial charge in [0, 0.05) is 17.1 Å². The van der Waals surface area contributed by atoms with Crippen LogP contribution in [-0.4, -0.2) is 0 Å². The van der Waals surface area contributed by atoms with E-state index in [-0.39, 0.29) is 17.1 Å². The zero-order valence-corrected chi connectivity index (χ0v) is 17.1. The van der Waals surface area contributed by atoms with Gasteiger partial charge < -0.3 is 13.6 Å². The van der Waals surface area contributed by atoms with Gasteiger partial charge in [-0.3, -0.25) is 0 Å². The van der Waals surface area contributed by atoms with Crippen LogP contribution < -0.4 is 13.6 Å². The van der Waals surface area contributed by atoms with Crippen LogP contribution in [0.25, 0.3) is 0 Å². The molecule has 0 fully saturated rings. The van der Waals surface area contributed by atoms with E-state index in [0.29, 0.717) is 17.2 Å². The topological polar surface area (TPSA) is 44.8 Å². The van der Waals surface area contributed by atoms with E-state index in [1.165, 1.54) is 0 Å². The van der Waals surface area contributed by atoms with Gasteiger partial charge in [-0.25, -0.2) is 0 Å². The Morgan fingerprint density at radius 1 is 0.556 bits per heavy atom. The minimum Gasteiger partial charge on any atom is -0.386 e. The Balaban J connectivity index is 0.00000261. The summed E-state index contributed by atoms with van der Waals surface area (Å²) in [5.74, 6) is 1.37. The molecule has 0 aromatic heterocycles. The SMILES string of the molecule is Cc1ccccc1OP(=O)(Oc1ccccc1C)Oc1ccccc1C.[Cu]. The molecule has 0 saturated heterocycles. The Kier molecular flexibility index (Phi) is 7.15. The maximum atomic E-state index is 13.5. The molecule has 6 heteroatoms. The van der Waals surface area contributed by atoms with Crippen LogP contribution in [0.4, 0.5) is 0 Å². The minimum atomic E-state index is -3.97. The maximum absolute atomic E-state index is 13.5. The molecular weight excluding hydrogens is 411 g/mol. The number of benzene rings is 3. The molecule has 4 nitrogen and oxygen atoms in total. The second kappa shape index (κ2) is 9.14. The van der Waals surface area contributed by atoms with Crippen LogP contribution in [0.3, 0.4) is 0 Å². The second-order valence-electron chi connectivity index (χ2n) is 6.02. The van der Waals surface area contributed by atoms with Crippen molar-refractivity contribution in [3.8, 4) is 17.2 Å². The maximum Gasteiger partial charge on any atom is 0.647 e. The number of hydrogen-bond donors (Lipinski definition) is 0. The summed E-state index contributed by atoms with van der Waals surface area (Å²) in [6, 6.07) is 22.0. The fourth-order valence-corrected chi connectivity index (χ4v) is 3.84. The standard InChI is InChI=1S/C21H21O4P.Cu/c1-16-10-4-7-13-19(16)23-26(22,24-20-14-8-5-11-17(20)2)25-21-15-9-6-12-18(21)3;/h4-15H,1-3H3;. The van der Waals surface area contributed by atoms with E-state index < -0.39 is 7.82 Å². The molecule has 1 radical (unpaired) electrons. The van der Waals surface area contributed by atoms with Crippen LogP contribution in [0.2, 0.25) is 0 Å². The summed E-state index contributed by atoms with van der Waals surface area (Å²) in [7, 11) is -3.97. The van der Waals surface area contributed by atoms with Crippen LogP contribution in [0.15, 0.2) is 72.8 Å². The molecule has 3 aromatic carbocycles. The van der Waals surface area contributed by atoms with Gasteiger partial charge >= 0.3 is 7.82 Å². The van der Waals surface area contributed by atoms with E-state index in [4.69, 9.17) is 13.6 Å². The third kappa shape index (κ3) is 5.40. The summed E-state index contributed by atoms with van der Waals surface area (Å²) < 4.78 is 30.8. The first-order valence-corrected chi connectivity index (χ1v) is 9.79. The molecule has 0 aliphatic carbocycles. The zero-order valence-electron chi connectivity index (χ0n) is 15.3. The van der Waals surface area contributed by atoms with Crippen molar-refractivity contribution in [3.63, 3.8) is 0 Å². The normalized spacial score (nSPS) is 10.6. The van der Waals surface area contributed by atoms with Gasteiger partial charge in [0.25, 0.3) is 0 Å². The first-order valence-electron chi connectivity index (χ1n) is 8.32. The number of hydrogen-bond acceptors (Lipinski definition) is 4. The average Bonchev–Trinajstić information content (AvgIpc) is 2.61. The van der Waals surface area contributed by atoms with Crippen LogP contribution in [-0.2, 0) is 21.6 Å². The van der Waals surface area contributed by atoms with Gasteiger partial charge in [0.05, 0.1) is 0 Å². The number of phosphoric acid groups is 1. The van der Waals surface area contributed by atoms with Crippen molar-refractivity contribution in [1.82, 2.24) is 0 Å². The number of rotatable bonds is 6. The van der Waals surface area contributed by atoms with Crippen LogP contribution in [0.1, 0.15) is 16.7 Å². The molecule has 0 unspecified atom stereocenters. The molecule has 0 heterocycles. The monoisotopic (exact) mass is 431 g/mol. The van der Waals surface area contributed by atoms with E-state index >= 15 is 0 Å². The Hall–Kier alpha value is -2.19. The van der Waals surface area contributed by atoms with E-state index in [9.17, 15) is 4.57 Å². The first kappa shape index (κ1) is 21.1. The predicted octanol–water partition coefficient (Wildman–Crippen LogP) is 6.25. The van der Waals surface area contributed by atoms with E-state index in [1.54, 1.807) is 18.2 Å². The zero-order chi connectivity index (χ0) is 18.6. The number of aryl methyl sites for hydroxylation is 3. The van der Waals surface area contributed by atoms with Gasteiger partial charge in [0.2, 0.25) is 0 Å². The fourth-order valence-electron chi connectivity index (χ4n) is 2.39. The molecule has 0 spiro atoms. The summed E-state index contributed by atoms with van der Waals surface area (Å²) in [6.45, 7) is 5.63. The quantitative estimate of drug-likeness (QED) is 0.341. The third-order valence-electron chi connectivity index (χ3n) is 3.91. The molecule has 0 amide bonds. The third-order valence-corrected chi connectivity index (χ3v) is 5.17. The molecule has 0 saturated carbocycles. The van der Waals surface area contributed by atoms with Gasteiger partial charge in [-0.1, -0.05) is 54.6 Å². The predicted molar refractivity (Wildman–Crippen MR) is 103 cm³/mol. The minimum absolute atomic E-state index is 0. The van der Waals surface area contributed by atoms with Crippen LogP contribution in [0, 0.1) is 20.8 Å². The smallest absolute Gasteiger partial charge is 0.386 e. The molecule has 0 aliphatic heterocycles. The molecule has 0 atom stereocenters. The molecule has 145 valence electrons. The van der Waals surface area contributed by atoms with Crippen molar-refractivity contribution in [1.29, 1.82) is 0 Å². The second-order valence-corrected chi connectivity index (χ2v) is 7.46. The Morgan fingerprint density at radius 2 is 0.815 bits per heavy atom. The number of para-hydroxylation sites is 3. The van der Waals surface area contributed by atoms with Gasteiger partial charge in [-0.05, 0) is 55.7 Å². The molecule has 0 N–H and O–H groups in total. The summed E-state index contributed by atoms with van der Waals surface area (Å²) in [4.78, 5) is 0. The number of phosphoric ester groups is 1. The fraction of sp³-hybridized carbons (Fsp3) is 0.143. The van der Waals surface area contributed by atoms with Crippen LogP contribution >= 0.6 is 7.82 Å². The first-order chi connectivity index (χ1) is 12.5. The van der Waals surface area contributed by atoms with Crippen molar-refractivity contribution in [2.45, 2.75) is 20.8 Å². The Labute approximate surface area is 170 Å². The average molecular weight is 432 g/mol. The van der Waals surface area contributed by atoms with Crippen molar-refractivity contribution in [2.24, 2.45) is 0 Å². The van der Waals surface area contributed by atoms with Gasteiger partial charge in [-0.2, -0.15) is 4.57 Å². The van der Waals surface area contributed by atoms with Crippen molar-refractivity contribution in [3.05, 3.63) is 89.5 Å².